The van der Waals surface area contributed by atoms with Gasteiger partial charge in [0, 0.05) is 24.2 Å². The minimum Gasteiger partial charge on any atom is -0.485 e. The molecule has 1 aromatic heterocycles. The maximum atomic E-state index is 13.0. The van der Waals surface area contributed by atoms with Crippen molar-refractivity contribution in [3.8, 4) is 11.8 Å². The predicted molar refractivity (Wildman–Crippen MR) is 109 cm³/mol. The van der Waals surface area contributed by atoms with Gasteiger partial charge >= 0.3 is 0 Å². The van der Waals surface area contributed by atoms with Gasteiger partial charge in [0.1, 0.15) is 30.2 Å². The van der Waals surface area contributed by atoms with Gasteiger partial charge in [0.25, 0.3) is 15.7 Å². The van der Waals surface area contributed by atoms with Crippen LogP contribution in [-0.4, -0.2) is 44.3 Å². The second-order valence-corrected chi connectivity index (χ2v) is 7.91. The van der Waals surface area contributed by atoms with Crippen LogP contribution in [-0.2, 0) is 16.1 Å². The molecule has 1 N–H and O–H groups in total. The Kier molecular flexibility index (Phi) is 6.50. The number of nitrogens with zero attached hydrogens (tertiary/aromatic N) is 4. The van der Waals surface area contributed by atoms with Crippen LogP contribution in [0.2, 0.25) is 0 Å². The Hall–Kier alpha value is -4.18. The van der Waals surface area contributed by atoms with Crippen LogP contribution in [0.25, 0.3) is 0 Å². The lowest BCUT2D eigenvalue weighted by Gasteiger charge is -2.42. The van der Waals surface area contributed by atoms with Gasteiger partial charge in [0.2, 0.25) is 0 Å². The van der Waals surface area contributed by atoms with E-state index in [-0.39, 0.29) is 6.42 Å². The first kappa shape index (κ1) is 23.5. The normalized spacial score (nSPS) is 19.3. The molecular formula is C20H20N4O9. The number of fused-ring (bicyclic) bond motifs is 1. The molecule has 13 nitrogen and oxygen atoms in total. The molecule has 0 amide bonds. The molecule has 2 aromatic rings. The molecular weight excluding hydrogens is 440 g/mol. The van der Waals surface area contributed by atoms with Crippen molar-refractivity contribution in [1.82, 2.24) is 4.57 Å². The number of aliphatic hydroxyl groups excluding tert-OH is 1. The van der Waals surface area contributed by atoms with Crippen LogP contribution in [0.15, 0.2) is 41.3 Å². The number of benzene rings is 1. The Balaban J connectivity index is 1.96. The lowest BCUT2D eigenvalue weighted by atomic mass is 9.85. The maximum Gasteiger partial charge on any atom is 0.294 e. The van der Waals surface area contributed by atoms with Crippen molar-refractivity contribution in [2.24, 2.45) is 0 Å². The molecule has 0 aliphatic carbocycles. The smallest absolute Gasteiger partial charge is 0.294 e. The fourth-order valence-electron chi connectivity index (χ4n) is 3.68. The first-order chi connectivity index (χ1) is 15.5. The van der Waals surface area contributed by atoms with Crippen LogP contribution < -0.4 is 10.3 Å². The Morgan fingerprint density at radius 2 is 2.00 bits per heavy atom. The van der Waals surface area contributed by atoms with E-state index in [9.17, 15) is 35.4 Å². The minimum atomic E-state index is -1.31. The standard InChI is InChI=1S/C20H20N4O9/c1-20(2)19(26)18(15-8-13(10-21)3-4-16(15)32-20)22-6-5-12(9-17(22)25)7-14(33-24(29)30)11-31-23(27)28/h3-6,8-9,14,18-19,26H,7,11H2,1-2H3/t14?,18-,19+/m1/s1. The lowest BCUT2D eigenvalue weighted by Crippen LogP contribution is -2.52. The van der Waals surface area contributed by atoms with Crippen molar-refractivity contribution < 1.29 is 29.7 Å². The summed E-state index contributed by atoms with van der Waals surface area (Å²) in [4.78, 5) is 42.6. The maximum absolute atomic E-state index is 13.0. The molecule has 1 aliphatic rings. The van der Waals surface area contributed by atoms with Gasteiger partial charge in [-0.15, -0.1) is 20.2 Å². The van der Waals surface area contributed by atoms with Gasteiger partial charge in [-0.05, 0) is 43.7 Å². The summed E-state index contributed by atoms with van der Waals surface area (Å²) in [6.07, 6.45) is -1.27. The Morgan fingerprint density at radius 1 is 1.27 bits per heavy atom. The molecule has 13 heteroatoms. The molecule has 0 radical (unpaired) electrons. The third-order valence-electron chi connectivity index (χ3n) is 5.22. The summed E-state index contributed by atoms with van der Waals surface area (Å²) in [7, 11) is 0. The van der Waals surface area contributed by atoms with E-state index in [0.29, 0.717) is 22.4 Å². The highest BCUT2D eigenvalue weighted by Gasteiger charge is 2.44. The molecule has 3 atom stereocenters. The van der Waals surface area contributed by atoms with E-state index < -0.39 is 46.2 Å². The number of aromatic nitrogens is 1. The molecule has 0 saturated heterocycles. The molecule has 33 heavy (non-hydrogen) atoms. The van der Waals surface area contributed by atoms with Crippen molar-refractivity contribution in [3.05, 3.63) is 83.8 Å². The van der Waals surface area contributed by atoms with Crippen molar-refractivity contribution in [2.45, 2.75) is 44.1 Å². The van der Waals surface area contributed by atoms with Crippen LogP contribution in [0.1, 0.15) is 36.6 Å². The number of aliphatic hydroxyl groups is 1. The number of pyridine rings is 1. The van der Waals surface area contributed by atoms with E-state index in [1.165, 1.54) is 29.0 Å². The summed E-state index contributed by atoms with van der Waals surface area (Å²) >= 11 is 0. The summed E-state index contributed by atoms with van der Waals surface area (Å²) in [5.41, 5.74) is -0.511. The summed E-state index contributed by atoms with van der Waals surface area (Å²) in [5, 5.41) is 39.1. The van der Waals surface area contributed by atoms with Crippen LogP contribution in [0, 0.1) is 31.6 Å². The van der Waals surface area contributed by atoms with Gasteiger partial charge in [0.15, 0.2) is 0 Å². The zero-order chi connectivity index (χ0) is 24.3. The zero-order valence-corrected chi connectivity index (χ0v) is 17.6. The van der Waals surface area contributed by atoms with E-state index in [1.807, 2.05) is 6.07 Å². The van der Waals surface area contributed by atoms with Crippen molar-refractivity contribution in [3.63, 3.8) is 0 Å². The number of rotatable bonds is 8. The van der Waals surface area contributed by atoms with Gasteiger partial charge in [-0.25, -0.2) is 0 Å². The van der Waals surface area contributed by atoms with Crippen molar-refractivity contribution >= 4 is 0 Å². The molecule has 3 rings (SSSR count). The molecule has 0 spiro atoms. The monoisotopic (exact) mass is 460 g/mol. The van der Waals surface area contributed by atoms with Crippen LogP contribution in [0.4, 0.5) is 0 Å². The van der Waals surface area contributed by atoms with Gasteiger partial charge in [0.05, 0.1) is 17.7 Å². The molecule has 0 fully saturated rings. The largest absolute Gasteiger partial charge is 0.485 e. The summed E-state index contributed by atoms with van der Waals surface area (Å²) in [6, 6.07) is 8.51. The van der Waals surface area contributed by atoms with Crippen LogP contribution >= 0.6 is 0 Å². The molecule has 1 aromatic carbocycles. The fourth-order valence-corrected chi connectivity index (χ4v) is 3.68. The van der Waals surface area contributed by atoms with Crippen molar-refractivity contribution in [1.29, 1.82) is 5.26 Å². The molecule has 0 saturated carbocycles. The highest BCUT2D eigenvalue weighted by atomic mass is 17.0. The van der Waals surface area contributed by atoms with Gasteiger partial charge in [-0.2, -0.15) is 5.26 Å². The first-order valence-electron chi connectivity index (χ1n) is 9.72. The van der Waals surface area contributed by atoms with Gasteiger partial charge < -0.3 is 24.1 Å². The van der Waals surface area contributed by atoms with E-state index in [4.69, 9.17) is 4.74 Å². The molecule has 1 aliphatic heterocycles. The third-order valence-corrected chi connectivity index (χ3v) is 5.22. The predicted octanol–water partition coefficient (Wildman–Crippen LogP) is 1.17. The fraction of sp³-hybridized carbons (Fsp3) is 0.400. The second kappa shape index (κ2) is 9.13. The highest BCUT2D eigenvalue weighted by molar-refractivity contribution is 5.46. The van der Waals surface area contributed by atoms with E-state index in [0.717, 1.165) is 0 Å². The third kappa shape index (κ3) is 5.18. The average molecular weight is 460 g/mol. The lowest BCUT2D eigenvalue weighted by molar-refractivity contribution is -0.789. The molecule has 174 valence electrons. The van der Waals surface area contributed by atoms with Gasteiger partial charge in [-0.3, -0.25) is 4.79 Å². The molecule has 1 unspecified atom stereocenters. The number of hydrogen-bond donors (Lipinski definition) is 1. The zero-order valence-electron chi connectivity index (χ0n) is 17.6. The topological polar surface area (TPSA) is 180 Å². The molecule has 2 heterocycles. The van der Waals surface area contributed by atoms with E-state index >= 15 is 0 Å². The SMILES string of the molecule is CC1(C)Oc2ccc(C#N)cc2[C@@H](n2ccc(CC(CO[N+](=O)[O-])O[N+](=O)[O-])cc2=O)[C@@H]1O. The summed E-state index contributed by atoms with van der Waals surface area (Å²) < 4.78 is 7.13. The van der Waals surface area contributed by atoms with E-state index in [2.05, 4.69) is 9.68 Å². The van der Waals surface area contributed by atoms with Gasteiger partial charge in [-0.1, -0.05) is 0 Å². The second-order valence-electron chi connectivity index (χ2n) is 7.91. The average Bonchev–Trinajstić information content (AvgIpc) is 2.73. The Morgan fingerprint density at radius 3 is 2.61 bits per heavy atom. The molecule has 0 bridgehead atoms. The summed E-state index contributed by atoms with van der Waals surface area (Å²) in [6.45, 7) is 2.63. The summed E-state index contributed by atoms with van der Waals surface area (Å²) in [5.74, 6) is 0.418. The Labute approximate surface area is 186 Å². The highest BCUT2D eigenvalue weighted by Crippen LogP contribution is 2.41. The van der Waals surface area contributed by atoms with Crippen LogP contribution in [0.3, 0.4) is 0 Å². The minimum absolute atomic E-state index is 0.206. The quantitative estimate of drug-likeness (QED) is 0.443. The van der Waals surface area contributed by atoms with E-state index in [1.54, 1.807) is 26.0 Å². The number of hydrogen-bond acceptors (Lipinski definition) is 10. The Bertz CT molecular complexity index is 1170. The van der Waals surface area contributed by atoms with Crippen LogP contribution in [0.5, 0.6) is 5.75 Å². The first-order valence-corrected chi connectivity index (χ1v) is 9.72. The number of ether oxygens (including phenoxy) is 1. The number of nitriles is 1. The van der Waals surface area contributed by atoms with Crippen molar-refractivity contribution in [2.75, 3.05) is 6.61 Å².